The molecule has 2 unspecified atom stereocenters. The number of nitrogens with one attached hydrogen (secondary N) is 1. The van der Waals surface area contributed by atoms with Gasteiger partial charge in [-0.2, -0.15) is 0 Å². The molecule has 0 fully saturated rings. The molecule has 0 aliphatic heterocycles. The average molecular weight is 251 g/mol. The predicted octanol–water partition coefficient (Wildman–Crippen LogP) is 1.90. The SMILES string of the molecule is CC(CCNc1cccc2nccn12)S(C)=O. The second kappa shape index (κ2) is 5.31. The van der Waals surface area contributed by atoms with Crippen molar-refractivity contribution in [2.75, 3.05) is 18.1 Å². The molecule has 0 saturated heterocycles. The fourth-order valence-electron chi connectivity index (χ4n) is 1.66. The van der Waals surface area contributed by atoms with Crippen LogP contribution in [0.15, 0.2) is 30.6 Å². The van der Waals surface area contributed by atoms with Gasteiger partial charge in [0.15, 0.2) is 0 Å². The smallest absolute Gasteiger partial charge is 0.138 e. The molecule has 17 heavy (non-hydrogen) atoms. The summed E-state index contributed by atoms with van der Waals surface area (Å²) in [5.74, 6) is 1.02. The highest BCUT2D eigenvalue weighted by atomic mass is 32.2. The van der Waals surface area contributed by atoms with Gasteiger partial charge in [-0.15, -0.1) is 0 Å². The molecule has 0 amide bonds. The van der Waals surface area contributed by atoms with Crippen molar-refractivity contribution in [1.29, 1.82) is 0 Å². The Labute approximate surface area is 104 Å². The number of rotatable bonds is 5. The first-order chi connectivity index (χ1) is 8.18. The molecule has 0 bridgehead atoms. The van der Waals surface area contributed by atoms with Crippen LogP contribution in [0.3, 0.4) is 0 Å². The first kappa shape index (κ1) is 12.1. The van der Waals surface area contributed by atoms with Crippen LogP contribution in [-0.2, 0) is 10.8 Å². The van der Waals surface area contributed by atoms with Gasteiger partial charge in [-0.25, -0.2) is 4.98 Å². The highest BCUT2D eigenvalue weighted by Crippen LogP contribution is 2.11. The van der Waals surface area contributed by atoms with Crippen molar-refractivity contribution < 1.29 is 4.21 Å². The van der Waals surface area contributed by atoms with Crippen molar-refractivity contribution in [2.45, 2.75) is 18.6 Å². The van der Waals surface area contributed by atoms with Gasteiger partial charge in [0.05, 0.1) is 0 Å². The van der Waals surface area contributed by atoms with E-state index in [1.165, 1.54) is 0 Å². The summed E-state index contributed by atoms with van der Waals surface area (Å²) >= 11 is 0. The van der Waals surface area contributed by atoms with E-state index in [1.807, 2.05) is 35.7 Å². The highest BCUT2D eigenvalue weighted by molar-refractivity contribution is 7.84. The molecule has 1 N–H and O–H groups in total. The Morgan fingerprint density at radius 1 is 1.53 bits per heavy atom. The Hall–Kier alpha value is -1.36. The van der Waals surface area contributed by atoms with Gasteiger partial charge < -0.3 is 5.32 Å². The van der Waals surface area contributed by atoms with E-state index in [4.69, 9.17) is 0 Å². The topological polar surface area (TPSA) is 46.4 Å². The van der Waals surface area contributed by atoms with Gasteiger partial charge in [0, 0.05) is 41.2 Å². The third kappa shape index (κ3) is 2.85. The maximum absolute atomic E-state index is 11.2. The lowest BCUT2D eigenvalue weighted by molar-refractivity contribution is 0.672. The minimum absolute atomic E-state index is 0.226. The van der Waals surface area contributed by atoms with Crippen molar-refractivity contribution in [2.24, 2.45) is 0 Å². The molecule has 0 saturated carbocycles. The average Bonchev–Trinajstić information content (AvgIpc) is 2.77. The molecule has 0 aliphatic carbocycles. The fraction of sp³-hybridized carbons (Fsp3) is 0.417. The molecule has 0 radical (unpaired) electrons. The quantitative estimate of drug-likeness (QED) is 0.883. The van der Waals surface area contributed by atoms with E-state index >= 15 is 0 Å². The minimum atomic E-state index is -0.747. The predicted molar refractivity (Wildman–Crippen MR) is 71.8 cm³/mol. The van der Waals surface area contributed by atoms with Crippen LogP contribution >= 0.6 is 0 Å². The number of aromatic nitrogens is 2. The standard InChI is InChI=1S/C12H17N3OS/c1-10(17(2)16)6-7-13-11-4-3-5-12-14-8-9-15(11)12/h3-5,8-10,13H,6-7H2,1-2H3. The van der Waals surface area contributed by atoms with E-state index in [0.717, 1.165) is 24.4 Å². The van der Waals surface area contributed by atoms with E-state index in [1.54, 1.807) is 12.5 Å². The summed E-state index contributed by atoms with van der Waals surface area (Å²) in [5.41, 5.74) is 0.933. The molecule has 0 aliphatic rings. The van der Waals surface area contributed by atoms with Crippen molar-refractivity contribution in [3.05, 3.63) is 30.6 Å². The maximum Gasteiger partial charge on any atom is 0.138 e. The molecule has 92 valence electrons. The Balaban J connectivity index is 1.99. The zero-order chi connectivity index (χ0) is 12.3. The van der Waals surface area contributed by atoms with Crippen LogP contribution in [0, 0.1) is 0 Å². The summed E-state index contributed by atoms with van der Waals surface area (Å²) in [7, 11) is -0.747. The first-order valence-electron chi connectivity index (χ1n) is 5.66. The summed E-state index contributed by atoms with van der Waals surface area (Å²) in [4.78, 5) is 4.23. The summed E-state index contributed by atoms with van der Waals surface area (Å²) in [6.07, 6.45) is 6.36. The van der Waals surface area contributed by atoms with Gasteiger partial charge in [0.2, 0.25) is 0 Å². The van der Waals surface area contributed by atoms with Crippen LogP contribution in [-0.4, -0.2) is 31.6 Å². The van der Waals surface area contributed by atoms with Gasteiger partial charge in [0.25, 0.3) is 0 Å². The van der Waals surface area contributed by atoms with E-state index in [9.17, 15) is 4.21 Å². The molecule has 2 heterocycles. The van der Waals surface area contributed by atoms with Crippen LogP contribution in [0.2, 0.25) is 0 Å². The number of nitrogens with zero attached hydrogens (tertiary/aromatic N) is 2. The molecule has 4 nitrogen and oxygen atoms in total. The van der Waals surface area contributed by atoms with E-state index in [-0.39, 0.29) is 5.25 Å². The third-order valence-electron chi connectivity index (χ3n) is 2.85. The number of imidazole rings is 1. The molecule has 2 aromatic heterocycles. The Morgan fingerprint density at radius 3 is 3.12 bits per heavy atom. The van der Waals surface area contributed by atoms with Gasteiger partial charge in [-0.05, 0) is 18.6 Å². The van der Waals surface area contributed by atoms with Crippen LogP contribution in [0.4, 0.5) is 5.82 Å². The number of fused-ring (bicyclic) bond motifs is 1. The molecule has 5 heteroatoms. The maximum atomic E-state index is 11.2. The lowest BCUT2D eigenvalue weighted by Gasteiger charge is -2.11. The number of hydrogen-bond donors (Lipinski definition) is 1. The molecule has 0 spiro atoms. The molecule has 0 aromatic carbocycles. The van der Waals surface area contributed by atoms with Crippen molar-refractivity contribution in [3.8, 4) is 0 Å². The summed E-state index contributed by atoms with van der Waals surface area (Å²) in [6.45, 7) is 2.83. The lowest BCUT2D eigenvalue weighted by Crippen LogP contribution is -2.15. The minimum Gasteiger partial charge on any atom is -0.371 e. The molecule has 2 rings (SSSR count). The number of anilines is 1. The van der Waals surface area contributed by atoms with E-state index in [0.29, 0.717) is 0 Å². The van der Waals surface area contributed by atoms with Crippen molar-refractivity contribution >= 4 is 22.3 Å². The highest BCUT2D eigenvalue weighted by Gasteiger charge is 2.06. The first-order valence-corrected chi connectivity index (χ1v) is 7.29. The molecular formula is C12H17N3OS. The van der Waals surface area contributed by atoms with Crippen molar-refractivity contribution in [1.82, 2.24) is 9.38 Å². The van der Waals surface area contributed by atoms with E-state index in [2.05, 4.69) is 10.3 Å². The Morgan fingerprint density at radius 2 is 2.35 bits per heavy atom. The van der Waals surface area contributed by atoms with Gasteiger partial charge in [0.1, 0.15) is 11.5 Å². The van der Waals surface area contributed by atoms with Crippen LogP contribution < -0.4 is 5.32 Å². The molecule has 2 atom stereocenters. The third-order valence-corrected chi connectivity index (χ3v) is 4.22. The van der Waals surface area contributed by atoms with E-state index < -0.39 is 10.8 Å². The number of hydrogen-bond acceptors (Lipinski definition) is 3. The Kier molecular flexibility index (Phi) is 3.78. The van der Waals surface area contributed by atoms with Crippen LogP contribution in [0.25, 0.3) is 5.65 Å². The lowest BCUT2D eigenvalue weighted by atomic mass is 10.3. The van der Waals surface area contributed by atoms with Crippen LogP contribution in [0.1, 0.15) is 13.3 Å². The monoisotopic (exact) mass is 251 g/mol. The van der Waals surface area contributed by atoms with Crippen molar-refractivity contribution in [3.63, 3.8) is 0 Å². The number of pyridine rings is 1. The normalized spacial score (nSPS) is 14.7. The Bertz CT molecular complexity index is 523. The second-order valence-corrected chi connectivity index (χ2v) is 5.89. The summed E-state index contributed by atoms with van der Waals surface area (Å²) in [6, 6.07) is 5.96. The second-order valence-electron chi connectivity index (χ2n) is 4.09. The fourth-order valence-corrected chi connectivity index (χ4v) is 2.11. The van der Waals surface area contributed by atoms with Crippen LogP contribution in [0.5, 0.6) is 0 Å². The summed E-state index contributed by atoms with van der Waals surface area (Å²) in [5, 5.41) is 3.57. The summed E-state index contributed by atoms with van der Waals surface area (Å²) < 4.78 is 13.2. The van der Waals surface area contributed by atoms with Gasteiger partial charge in [-0.1, -0.05) is 13.0 Å². The molecule has 2 aromatic rings. The largest absolute Gasteiger partial charge is 0.371 e. The molecular weight excluding hydrogens is 234 g/mol. The zero-order valence-electron chi connectivity index (χ0n) is 10.1. The zero-order valence-corrected chi connectivity index (χ0v) is 10.9. The van der Waals surface area contributed by atoms with Gasteiger partial charge in [-0.3, -0.25) is 8.61 Å². The van der Waals surface area contributed by atoms with Gasteiger partial charge >= 0.3 is 0 Å².